The fourth-order valence-electron chi connectivity index (χ4n) is 2.64. The summed E-state index contributed by atoms with van der Waals surface area (Å²) in [5.74, 6) is 0.127. The maximum Gasteiger partial charge on any atom is 0.225 e. The molecule has 94 valence electrons. The first-order chi connectivity index (χ1) is 7.91. The molecule has 0 aliphatic carbocycles. The van der Waals surface area contributed by atoms with Crippen LogP contribution in [0.2, 0.25) is 0 Å². The van der Waals surface area contributed by atoms with Crippen molar-refractivity contribution in [3.05, 3.63) is 17.5 Å². The fraction of sp³-hybridized carbons (Fsp3) is 0.667. The number of nitrogens with two attached hydrogens (primary N) is 1. The van der Waals surface area contributed by atoms with Crippen LogP contribution in [0.1, 0.15) is 37.6 Å². The summed E-state index contributed by atoms with van der Waals surface area (Å²) in [7, 11) is 1.89. The van der Waals surface area contributed by atoms with Crippen LogP contribution in [0, 0.1) is 6.92 Å². The average Bonchev–Trinajstić information content (AvgIpc) is 2.66. The number of carbonyl (C=O) groups is 1. The Morgan fingerprint density at radius 3 is 2.65 bits per heavy atom. The first kappa shape index (κ1) is 12.1. The predicted molar refractivity (Wildman–Crippen MR) is 65.3 cm³/mol. The van der Waals surface area contributed by atoms with Gasteiger partial charge in [-0.2, -0.15) is 5.10 Å². The Balaban J connectivity index is 2.41. The lowest BCUT2D eigenvalue weighted by Gasteiger charge is -2.29. The first-order valence-electron chi connectivity index (χ1n) is 5.98. The molecule has 0 spiro atoms. The van der Waals surface area contributed by atoms with Gasteiger partial charge in [-0.25, -0.2) is 0 Å². The normalized spacial score (nSPS) is 25.1. The number of aryl methyl sites for hydroxylation is 2. The molecule has 1 aromatic heterocycles. The molecule has 2 heterocycles. The molecule has 2 N–H and O–H groups in total. The summed E-state index contributed by atoms with van der Waals surface area (Å²) < 4.78 is 1.78. The summed E-state index contributed by atoms with van der Waals surface area (Å²) >= 11 is 0. The van der Waals surface area contributed by atoms with E-state index in [-0.39, 0.29) is 24.0 Å². The van der Waals surface area contributed by atoms with Crippen molar-refractivity contribution in [2.45, 2.75) is 45.3 Å². The summed E-state index contributed by atoms with van der Waals surface area (Å²) in [5, 5.41) is 4.45. The Morgan fingerprint density at radius 2 is 2.18 bits per heavy atom. The lowest BCUT2D eigenvalue weighted by atomic mass is 10.0. The molecule has 17 heavy (non-hydrogen) atoms. The molecule has 1 aromatic rings. The number of hydrogen-bond acceptors (Lipinski definition) is 3. The maximum atomic E-state index is 11.9. The van der Waals surface area contributed by atoms with E-state index in [0.717, 1.165) is 11.3 Å². The van der Waals surface area contributed by atoms with Gasteiger partial charge in [0.2, 0.25) is 5.91 Å². The van der Waals surface area contributed by atoms with E-state index in [1.165, 1.54) is 0 Å². The molecule has 2 unspecified atom stereocenters. The first-order valence-corrected chi connectivity index (χ1v) is 5.98. The van der Waals surface area contributed by atoms with Crippen LogP contribution in [0.4, 0.5) is 0 Å². The standard InChI is InChI=1S/C12H20N4O/c1-7(2)16-10(17)5-9(13)12(16)11-8(3)6-15(4)14-11/h6-7,9,12H,5,13H2,1-4H3. The van der Waals surface area contributed by atoms with Crippen molar-refractivity contribution in [1.29, 1.82) is 0 Å². The van der Waals surface area contributed by atoms with E-state index in [2.05, 4.69) is 5.10 Å². The number of hydrogen-bond donors (Lipinski definition) is 1. The van der Waals surface area contributed by atoms with Gasteiger partial charge in [0, 0.05) is 31.7 Å². The zero-order chi connectivity index (χ0) is 12.7. The molecule has 2 rings (SSSR count). The largest absolute Gasteiger partial charge is 0.330 e. The average molecular weight is 236 g/mol. The molecule has 0 radical (unpaired) electrons. The molecular weight excluding hydrogens is 216 g/mol. The highest BCUT2D eigenvalue weighted by Gasteiger charge is 2.41. The maximum absolute atomic E-state index is 11.9. The zero-order valence-electron chi connectivity index (χ0n) is 10.8. The van der Waals surface area contributed by atoms with Crippen molar-refractivity contribution in [2.24, 2.45) is 12.8 Å². The van der Waals surface area contributed by atoms with Gasteiger partial charge in [0.25, 0.3) is 0 Å². The molecule has 5 heteroatoms. The third-order valence-electron chi connectivity index (χ3n) is 3.29. The van der Waals surface area contributed by atoms with Crippen molar-refractivity contribution in [1.82, 2.24) is 14.7 Å². The number of rotatable bonds is 2. The molecular formula is C12H20N4O. The highest BCUT2D eigenvalue weighted by atomic mass is 16.2. The van der Waals surface area contributed by atoms with E-state index < -0.39 is 0 Å². The van der Waals surface area contributed by atoms with Gasteiger partial charge in [0.05, 0.1) is 11.7 Å². The minimum Gasteiger partial charge on any atom is -0.330 e. The molecule has 1 amide bonds. The Morgan fingerprint density at radius 1 is 1.53 bits per heavy atom. The van der Waals surface area contributed by atoms with E-state index in [1.807, 2.05) is 38.9 Å². The number of likely N-dealkylation sites (tertiary alicyclic amines) is 1. The van der Waals surface area contributed by atoms with E-state index in [9.17, 15) is 4.79 Å². The molecule has 0 aromatic carbocycles. The summed E-state index contributed by atoms with van der Waals surface area (Å²) in [6, 6.07) is -0.0790. The molecule has 0 bridgehead atoms. The second-order valence-electron chi connectivity index (χ2n) is 5.08. The van der Waals surface area contributed by atoms with Gasteiger partial charge in [-0.15, -0.1) is 0 Å². The Bertz CT molecular complexity index is 438. The Hall–Kier alpha value is -1.36. The summed E-state index contributed by atoms with van der Waals surface area (Å²) in [6.45, 7) is 6.04. The second-order valence-corrected chi connectivity index (χ2v) is 5.08. The van der Waals surface area contributed by atoms with E-state index in [0.29, 0.717) is 6.42 Å². The van der Waals surface area contributed by atoms with Gasteiger partial charge >= 0.3 is 0 Å². The van der Waals surface area contributed by atoms with Crippen LogP contribution in [-0.4, -0.2) is 32.7 Å². The molecule has 1 saturated heterocycles. The second kappa shape index (κ2) is 4.14. The molecule has 1 aliphatic rings. The van der Waals surface area contributed by atoms with Gasteiger partial charge in [-0.1, -0.05) is 0 Å². The molecule has 2 atom stereocenters. The Labute approximate surface area is 102 Å². The van der Waals surface area contributed by atoms with Crippen LogP contribution < -0.4 is 5.73 Å². The van der Waals surface area contributed by atoms with Crippen LogP contribution in [0.5, 0.6) is 0 Å². The predicted octanol–water partition coefficient (Wildman–Crippen LogP) is 0.738. The van der Waals surface area contributed by atoms with Crippen LogP contribution in [0.15, 0.2) is 6.20 Å². The van der Waals surface area contributed by atoms with Crippen molar-refractivity contribution in [2.75, 3.05) is 0 Å². The third kappa shape index (κ3) is 1.95. The third-order valence-corrected chi connectivity index (χ3v) is 3.29. The molecule has 1 fully saturated rings. The lowest BCUT2D eigenvalue weighted by molar-refractivity contribution is -0.130. The van der Waals surface area contributed by atoms with E-state index >= 15 is 0 Å². The zero-order valence-corrected chi connectivity index (χ0v) is 10.8. The Kier molecular flexibility index (Phi) is 2.95. The highest BCUT2D eigenvalue weighted by Crippen LogP contribution is 2.34. The van der Waals surface area contributed by atoms with Crippen LogP contribution in [0.25, 0.3) is 0 Å². The van der Waals surface area contributed by atoms with Gasteiger partial charge in [0.15, 0.2) is 0 Å². The fourth-order valence-corrected chi connectivity index (χ4v) is 2.64. The smallest absolute Gasteiger partial charge is 0.225 e. The monoisotopic (exact) mass is 236 g/mol. The van der Waals surface area contributed by atoms with Gasteiger partial charge in [-0.05, 0) is 26.3 Å². The van der Waals surface area contributed by atoms with Gasteiger partial charge in [0.1, 0.15) is 0 Å². The van der Waals surface area contributed by atoms with E-state index in [4.69, 9.17) is 5.73 Å². The SMILES string of the molecule is Cc1cn(C)nc1C1C(N)CC(=O)N1C(C)C. The molecule has 1 aliphatic heterocycles. The van der Waals surface area contributed by atoms with Gasteiger partial charge in [-0.3, -0.25) is 9.48 Å². The topological polar surface area (TPSA) is 64.2 Å². The minimum absolute atomic E-state index is 0.0799. The number of amides is 1. The van der Waals surface area contributed by atoms with Crippen molar-refractivity contribution >= 4 is 5.91 Å². The summed E-state index contributed by atoms with van der Waals surface area (Å²) in [6.07, 6.45) is 2.38. The number of carbonyl (C=O) groups excluding carboxylic acids is 1. The quantitative estimate of drug-likeness (QED) is 0.823. The molecule has 5 nitrogen and oxygen atoms in total. The summed E-state index contributed by atoms with van der Waals surface area (Å²) in [4.78, 5) is 13.8. The van der Waals surface area contributed by atoms with Crippen LogP contribution in [0.3, 0.4) is 0 Å². The minimum atomic E-state index is -0.154. The van der Waals surface area contributed by atoms with Gasteiger partial charge < -0.3 is 10.6 Å². The van der Waals surface area contributed by atoms with Crippen LogP contribution in [-0.2, 0) is 11.8 Å². The van der Waals surface area contributed by atoms with Crippen molar-refractivity contribution in [3.8, 4) is 0 Å². The number of nitrogens with zero attached hydrogens (tertiary/aromatic N) is 3. The molecule has 0 saturated carbocycles. The highest BCUT2D eigenvalue weighted by molar-refractivity contribution is 5.80. The van der Waals surface area contributed by atoms with Crippen LogP contribution >= 0.6 is 0 Å². The lowest BCUT2D eigenvalue weighted by Crippen LogP contribution is -2.38. The summed E-state index contributed by atoms with van der Waals surface area (Å²) in [5.41, 5.74) is 8.12. The van der Waals surface area contributed by atoms with Crippen molar-refractivity contribution < 1.29 is 4.79 Å². The number of aromatic nitrogens is 2. The van der Waals surface area contributed by atoms with E-state index in [1.54, 1.807) is 4.68 Å². The van der Waals surface area contributed by atoms with Crippen molar-refractivity contribution in [3.63, 3.8) is 0 Å².